The molecule has 2 saturated heterocycles. The van der Waals surface area contributed by atoms with Gasteiger partial charge in [-0.2, -0.15) is 0 Å². The first-order valence-corrected chi connectivity index (χ1v) is 9.36. The van der Waals surface area contributed by atoms with Crippen LogP contribution in [0, 0.1) is 11.8 Å². The second-order valence-corrected chi connectivity index (χ2v) is 8.88. The van der Waals surface area contributed by atoms with Crippen LogP contribution in [0.4, 0.5) is 0 Å². The summed E-state index contributed by atoms with van der Waals surface area (Å²) >= 11 is 0. The fraction of sp³-hybridized carbons (Fsp3) is 1.00. The first kappa shape index (κ1) is 15.3. The van der Waals surface area contributed by atoms with Crippen LogP contribution >= 0.6 is 0 Å². The van der Waals surface area contributed by atoms with E-state index >= 15 is 0 Å². The molecule has 1 atom stereocenters. The highest BCUT2D eigenvalue weighted by Gasteiger charge is 2.43. The average molecular weight is 288 g/mol. The number of nitrogens with zero attached hydrogens (tertiary/aromatic N) is 1. The van der Waals surface area contributed by atoms with Gasteiger partial charge in [-0.25, -0.2) is 8.42 Å². The number of piperidine rings is 1. The van der Waals surface area contributed by atoms with Crippen LogP contribution in [0.25, 0.3) is 0 Å². The van der Waals surface area contributed by atoms with Crippen LogP contribution in [0.5, 0.6) is 0 Å². The Balaban J connectivity index is 2.07. The molecule has 5 heteroatoms. The zero-order chi connectivity index (χ0) is 14.1. The second-order valence-electron chi connectivity index (χ2n) is 6.69. The van der Waals surface area contributed by atoms with E-state index in [0.29, 0.717) is 12.3 Å². The van der Waals surface area contributed by atoms with Crippen molar-refractivity contribution in [3.63, 3.8) is 0 Å². The van der Waals surface area contributed by atoms with Crippen LogP contribution in [0.2, 0.25) is 0 Å². The zero-order valence-electron chi connectivity index (χ0n) is 12.3. The maximum atomic E-state index is 12.0. The van der Waals surface area contributed by atoms with E-state index < -0.39 is 9.84 Å². The molecule has 0 aromatic carbocycles. The van der Waals surface area contributed by atoms with Gasteiger partial charge in [0.15, 0.2) is 9.84 Å². The number of hydrogen-bond acceptors (Lipinski definition) is 4. The van der Waals surface area contributed by atoms with Gasteiger partial charge in [0.05, 0.1) is 11.5 Å². The van der Waals surface area contributed by atoms with Crippen LogP contribution in [-0.2, 0) is 9.84 Å². The summed E-state index contributed by atoms with van der Waals surface area (Å²) in [5.41, 5.74) is 5.70. The van der Waals surface area contributed by atoms with Crippen LogP contribution < -0.4 is 5.73 Å². The Bertz CT molecular complexity index is 400. The van der Waals surface area contributed by atoms with Gasteiger partial charge in [0, 0.05) is 12.1 Å². The van der Waals surface area contributed by atoms with Crippen molar-refractivity contribution in [2.75, 3.05) is 31.1 Å². The summed E-state index contributed by atoms with van der Waals surface area (Å²) in [7, 11) is -2.90. The van der Waals surface area contributed by atoms with Gasteiger partial charge in [0.2, 0.25) is 0 Å². The lowest BCUT2D eigenvalue weighted by atomic mass is 9.83. The number of likely N-dealkylation sites (tertiary alicyclic amines) is 1. The van der Waals surface area contributed by atoms with Crippen molar-refractivity contribution in [3.05, 3.63) is 0 Å². The Kier molecular flexibility index (Phi) is 4.58. The quantitative estimate of drug-likeness (QED) is 0.849. The number of nitrogens with two attached hydrogens (primary N) is 1. The van der Waals surface area contributed by atoms with Crippen LogP contribution in [0.15, 0.2) is 0 Å². The number of rotatable bonds is 3. The molecule has 1 unspecified atom stereocenters. The van der Waals surface area contributed by atoms with Crippen molar-refractivity contribution in [1.29, 1.82) is 0 Å². The van der Waals surface area contributed by atoms with Gasteiger partial charge in [-0.05, 0) is 50.6 Å². The molecule has 0 aromatic rings. The van der Waals surface area contributed by atoms with Crippen LogP contribution in [-0.4, -0.2) is 50.0 Å². The average Bonchev–Trinajstić information content (AvgIpc) is 2.37. The minimum absolute atomic E-state index is 0.267. The third kappa shape index (κ3) is 3.31. The molecule has 0 amide bonds. The monoisotopic (exact) mass is 288 g/mol. The molecule has 112 valence electrons. The summed E-state index contributed by atoms with van der Waals surface area (Å²) < 4.78 is 23.9. The van der Waals surface area contributed by atoms with Crippen molar-refractivity contribution in [3.8, 4) is 0 Å². The molecule has 0 bridgehead atoms. The molecular weight excluding hydrogens is 260 g/mol. The van der Waals surface area contributed by atoms with Crippen molar-refractivity contribution in [2.24, 2.45) is 17.6 Å². The van der Waals surface area contributed by atoms with E-state index in [4.69, 9.17) is 5.73 Å². The van der Waals surface area contributed by atoms with Crippen molar-refractivity contribution in [2.45, 2.75) is 45.1 Å². The van der Waals surface area contributed by atoms with E-state index in [0.717, 1.165) is 37.8 Å². The van der Waals surface area contributed by atoms with Crippen molar-refractivity contribution >= 4 is 9.84 Å². The fourth-order valence-corrected chi connectivity index (χ4v) is 5.75. The highest BCUT2D eigenvalue weighted by atomic mass is 32.2. The maximum absolute atomic E-state index is 12.0. The first-order valence-electron chi connectivity index (χ1n) is 7.54. The van der Waals surface area contributed by atoms with E-state index in [1.807, 2.05) is 0 Å². The smallest absolute Gasteiger partial charge is 0.152 e. The molecular formula is C14H28N2O2S. The van der Waals surface area contributed by atoms with E-state index in [2.05, 4.69) is 18.7 Å². The first-order chi connectivity index (χ1) is 8.88. The van der Waals surface area contributed by atoms with E-state index in [-0.39, 0.29) is 11.3 Å². The Hall–Kier alpha value is -0.130. The number of sulfone groups is 1. The summed E-state index contributed by atoms with van der Waals surface area (Å²) in [6, 6.07) is 0. The minimum Gasteiger partial charge on any atom is -0.329 e. The molecule has 2 heterocycles. The van der Waals surface area contributed by atoms with Gasteiger partial charge in [0.25, 0.3) is 0 Å². The largest absolute Gasteiger partial charge is 0.329 e. The lowest BCUT2D eigenvalue weighted by Gasteiger charge is -2.48. The second kappa shape index (κ2) is 5.70. The molecule has 0 saturated carbocycles. The molecule has 2 rings (SSSR count). The van der Waals surface area contributed by atoms with Crippen molar-refractivity contribution in [1.82, 2.24) is 4.90 Å². The van der Waals surface area contributed by atoms with Gasteiger partial charge >= 0.3 is 0 Å². The molecule has 0 aliphatic carbocycles. The lowest BCUT2D eigenvalue weighted by Crippen LogP contribution is -2.62. The Labute approximate surface area is 117 Å². The molecule has 2 fully saturated rings. The molecule has 19 heavy (non-hydrogen) atoms. The Morgan fingerprint density at radius 3 is 2.42 bits per heavy atom. The van der Waals surface area contributed by atoms with E-state index in [9.17, 15) is 8.42 Å². The molecule has 4 nitrogen and oxygen atoms in total. The van der Waals surface area contributed by atoms with Crippen LogP contribution in [0.3, 0.4) is 0 Å². The van der Waals surface area contributed by atoms with Gasteiger partial charge in [-0.3, -0.25) is 4.90 Å². The summed E-state index contributed by atoms with van der Waals surface area (Å²) in [5, 5.41) is 0. The summed E-state index contributed by atoms with van der Waals surface area (Å²) in [4.78, 5) is 2.38. The third-order valence-electron chi connectivity index (χ3n) is 5.12. The topological polar surface area (TPSA) is 63.4 Å². The van der Waals surface area contributed by atoms with E-state index in [1.165, 1.54) is 12.8 Å². The summed E-state index contributed by atoms with van der Waals surface area (Å²) in [5.74, 6) is 2.12. The van der Waals surface area contributed by atoms with Crippen LogP contribution in [0.1, 0.15) is 39.5 Å². The minimum atomic E-state index is -2.90. The maximum Gasteiger partial charge on any atom is 0.152 e. The lowest BCUT2D eigenvalue weighted by molar-refractivity contribution is 0.0509. The predicted molar refractivity (Wildman–Crippen MR) is 78.8 cm³/mol. The zero-order valence-corrected chi connectivity index (χ0v) is 13.1. The highest BCUT2D eigenvalue weighted by molar-refractivity contribution is 7.91. The normalized spacial score (nSPS) is 33.7. The molecule has 0 radical (unpaired) electrons. The predicted octanol–water partition coefficient (Wildman–Crippen LogP) is 1.26. The third-order valence-corrected chi connectivity index (χ3v) is 7.01. The highest BCUT2D eigenvalue weighted by Crippen LogP contribution is 2.33. The van der Waals surface area contributed by atoms with Gasteiger partial charge < -0.3 is 5.73 Å². The molecule has 2 N–H and O–H groups in total. The van der Waals surface area contributed by atoms with Gasteiger partial charge in [-0.15, -0.1) is 0 Å². The van der Waals surface area contributed by atoms with E-state index in [1.54, 1.807) is 0 Å². The summed E-state index contributed by atoms with van der Waals surface area (Å²) in [6.45, 7) is 7.05. The van der Waals surface area contributed by atoms with Crippen molar-refractivity contribution < 1.29 is 8.42 Å². The fourth-order valence-electron chi connectivity index (χ4n) is 3.75. The SMILES string of the molecule is CC(C)C1CCN(C2(CN)CCCS(=O)(=O)C2)CC1. The molecule has 2 aliphatic rings. The Morgan fingerprint density at radius 2 is 1.95 bits per heavy atom. The standard InChI is InChI=1S/C14H28N2O2S/c1-12(2)13-4-7-16(8-5-13)14(10-15)6-3-9-19(17,18)11-14/h12-13H,3-11,15H2,1-2H3. The Morgan fingerprint density at radius 1 is 1.32 bits per heavy atom. The molecule has 0 aromatic heterocycles. The number of hydrogen-bond donors (Lipinski definition) is 1. The van der Waals surface area contributed by atoms with Gasteiger partial charge in [0.1, 0.15) is 0 Å². The molecule has 0 spiro atoms. The van der Waals surface area contributed by atoms with Gasteiger partial charge in [-0.1, -0.05) is 13.8 Å². The molecule has 2 aliphatic heterocycles. The summed E-state index contributed by atoms with van der Waals surface area (Å²) in [6.07, 6.45) is 4.07.